The topological polar surface area (TPSA) is 120 Å². The zero-order chi connectivity index (χ0) is 28.2. The van der Waals surface area contributed by atoms with E-state index in [1.807, 2.05) is 13.0 Å². The Morgan fingerprint density at radius 2 is 2.02 bits per heavy atom. The van der Waals surface area contributed by atoms with E-state index in [0.29, 0.717) is 45.1 Å². The molecule has 40 heavy (non-hydrogen) atoms. The smallest absolute Gasteiger partial charge is 0.251 e. The fourth-order valence-electron chi connectivity index (χ4n) is 5.23. The number of nitrogens with two attached hydrogens (primary N) is 1. The first kappa shape index (κ1) is 26.6. The molecular formula is C30H28BrFN4O4. The minimum Gasteiger partial charge on any atom is -0.494 e. The largest absolute Gasteiger partial charge is 0.494 e. The van der Waals surface area contributed by atoms with Crippen molar-refractivity contribution in [3.63, 3.8) is 0 Å². The van der Waals surface area contributed by atoms with Crippen molar-refractivity contribution in [2.45, 2.75) is 30.9 Å². The lowest BCUT2D eigenvalue weighted by Gasteiger charge is -2.30. The molecule has 6 rings (SSSR count). The maximum Gasteiger partial charge on any atom is 0.251 e. The monoisotopic (exact) mass is 606 g/mol. The summed E-state index contributed by atoms with van der Waals surface area (Å²) in [6.45, 7) is 2.04. The van der Waals surface area contributed by atoms with Crippen LogP contribution in [-0.4, -0.2) is 41.2 Å². The molecule has 1 amide bonds. The third-order valence-electron chi connectivity index (χ3n) is 7.63. The second kappa shape index (κ2) is 9.79. The van der Waals surface area contributed by atoms with Crippen LogP contribution in [-0.2, 0) is 11.1 Å². The van der Waals surface area contributed by atoms with Gasteiger partial charge in [0.2, 0.25) is 0 Å². The Morgan fingerprint density at radius 1 is 1.27 bits per heavy atom. The van der Waals surface area contributed by atoms with Crippen molar-refractivity contribution in [2.24, 2.45) is 11.7 Å². The molecule has 8 nitrogen and oxygen atoms in total. The molecule has 10 heteroatoms. The van der Waals surface area contributed by atoms with Crippen molar-refractivity contribution >= 4 is 32.7 Å². The van der Waals surface area contributed by atoms with Gasteiger partial charge in [-0.25, -0.2) is 9.37 Å². The van der Waals surface area contributed by atoms with Gasteiger partial charge in [-0.15, -0.1) is 0 Å². The van der Waals surface area contributed by atoms with E-state index >= 15 is 0 Å². The number of carbonyl (C=O) groups excluding carboxylic acids is 1. The Kier molecular flexibility index (Phi) is 6.52. The summed E-state index contributed by atoms with van der Waals surface area (Å²) in [4.78, 5) is 22.6. The molecule has 2 aliphatic rings. The lowest BCUT2D eigenvalue weighted by atomic mass is 9.87. The summed E-state index contributed by atoms with van der Waals surface area (Å²) in [5.74, 6) is 0.152. The molecule has 1 aliphatic carbocycles. The first-order valence-electron chi connectivity index (χ1n) is 13.0. The van der Waals surface area contributed by atoms with Crippen LogP contribution in [0.2, 0.25) is 0 Å². The number of halogens is 2. The normalized spacial score (nSPS) is 19.6. The van der Waals surface area contributed by atoms with Crippen molar-refractivity contribution in [1.29, 1.82) is 0 Å². The van der Waals surface area contributed by atoms with E-state index in [2.05, 4.69) is 26.2 Å². The zero-order valence-corrected chi connectivity index (χ0v) is 23.6. The molecule has 3 heterocycles. The fourth-order valence-corrected chi connectivity index (χ4v) is 5.58. The maximum absolute atomic E-state index is 13.7. The van der Waals surface area contributed by atoms with Gasteiger partial charge in [0.05, 0.1) is 24.9 Å². The Hall–Kier alpha value is -3.60. The number of methoxy groups -OCH3 is 1. The summed E-state index contributed by atoms with van der Waals surface area (Å²) >= 11 is 3.42. The molecule has 2 aromatic heterocycles. The molecule has 2 atom stereocenters. The summed E-state index contributed by atoms with van der Waals surface area (Å²) in [5.41, 5.74) is 7.53. The van der Waals surface area contributed by atoms with Gasteiger partial charge >= 0.3 is 0 Å². The summed E-state index contributed by atoms with van der Waals surface area (Å²) in [6.07, 6.45) is 3.25. The summed E-state index contributed by atoms with van der Waals surface area (Å²) in [6, 6.07) is 13.0. The number of aliphatic hydroxyl groups is 1. The van der Waals surface area contributed by atoms with E-state index < -0.39 is 11.1 Å². The number of nitrogens with one attached hydrogen (secondary N) is 1. The number of benzene rings is 2. The van der Waals surface area contributed by atoms with Gasteiger partial charge in [0.15, 0.2) is 5.75 Å². The average molecular weight is 607 g/mol. The van der Waals surface area contributed by atoms with Crippen molar-refractivity contribution in [3.8, 4) is 22.8 Å². The Morgan fingerprint density at radius 3 is 2.73 bits per heavy atom. The molecular weight excluding hydrogens is 579 g/mol. The van der Waals surface area contributed by atoms with Crippen molar-refractivity contribution in [1.82, 2.24) is 15.3 Å². The summed E-state index contributed by atoms with van der Waals surface area (Å²) in [7, 11) is 1.53. The number of nitrogens with zero attached hydrogens (tertiary/aromatic N) is 2. The van der Waals surface area contributed by atoms with E-state index in [1.54, 1.807) is 36.5 Å². The molecule has 0 unspecified atom stereocenters. The van der Waals surface area contributed by atoms with Crippen LogP contribution in [0.1, 0.15) is 41.4 Å². The van der Waals surface area contributed by atoms with Crippen LogP contribution >= 0.6 is 15.9 Å². The van der Waals surface area contributed by atoms with Crippen LogP contribution in [0.4, 0.5) is 4.39 Å². The molecule has 0 radical (unpaired) electrons. The predicted molar refractivity (Wildman–Crippen MR) is 152 cm³/mol. The van der Waals surface area contributed by atoms with Crippen LogP contribution < -0.4 is 20.5 Å². The van der Waals surface area contributed by atoms with Gasteiger partial charge in [-0.2, -0.15) is 0 Å². The third kappa shape index (κ3) is 4.70. The van der Waals surface area contributed by atoms with Gasteiger partial charge in [0.1, 0.15) is 35.0 Å². The molecule has 0 bridgehead atoms. The number of rotatable bonds is 7. The van der Waals surface area contributed by atoms with Gasteiger partial charge in [0, 0.05) is 32.7 Å². The second-order valence-corrected chi connectivity index (χ2v) is 11.6. The summed E-state index contributed by atoms with van der Waals surface area (Å²) in [5, 5.41) is 15.7. The van der Waals surface area contributed by atoms with Crippen LogP contribution in [0.25, 0.3) is 22.2 Å². The highest BCUT2D eigenvalue weighted by Gasteiger charge is 2.48. The van der Waals surface area contributed by atoms with Gasteiger partial charge in [-0.05, 0) is 90.1 Å². The quantitative estimate of drug-likeness (QED) is 0.276. The zero-order valence-electron chi connectivity index (χ0n) is 22.0. The number of hydrogen-bond acceptors (Lipinski definition) is 7. The SMILES string of the molecule is COc1cc(C(=O)NC[C@](O)(c2cc3c(c(-c4ccc(F)cc4)n2)OC[C@]3(C)N)C2CC2)cc2cc(Br)cnc12. The maximum atomic E-state index is 13.7. The molecule has 1 saturated carbocycles. The van der Waals surface area contributed by atoms with Gasteiger partial charge in [0.25, 0.3) is 5.91 Å². The van der Waals surface area contributed by atoms with Crippen molar-refractivity contribution in [3.05, 3.63) is 81.8 Å². The number of ether oxygens (including phenoxy) is 2. The first-order valence-corrected chi connectivity index (χ1v) is 13.8. The highest BCUT2D eigenvalue weighted by molar-refractivity contribution is 9.10. The van der Waals surface area contributed by atoms with Crippen LogP contribution in [0.15, 0.2) is 59.2 Å². The van der Waals surface area contributed by atoms with Gasteiger partial charge < -0.3 is 25.6 Å². The minimum atomic E-state index is -1.45. The van der Waals surface area contributed by atoms with Crippen LogP contribution in [0.3, 0.4) is 0 Å². The number of fused-ring (bicyclic) bond motifs is 2. The summed E-state index contributed by atoms with van der Waals surface area (Å²) < 4.78 is 25.9. The first-order chi connectivity index (χ1) is 19.1. The molecule has 0 saturated heterocycles. The Balaban J connectivity index is 1.36. The lowest BCUT2D eigenvalue weighted by molar-refractivity contribution is 0.00947. The highest BCUT2D eigenvalue weighted by Crippen LogP contribution is 2.49. The number of amides is 1. The molecule has 2 aromatic carbocycles. The van der Waals surface area contributed by atoms with Crippen molar-refractivity contribution in [2.75, 3.05) is 20.3 Å². The molecule has 4 N–H and O–H groups in total. The van der Waals surface area contributed by atoms with E-state index in [-0.39, 0.29) is 30.8 Å². The van der Waals surface area contributed by atoms with E-state index in [9.17, 15) is 14.3 Å². The van der Waals surface area contributed by atoms with E-state index in [0.717, 1.165) is 22.7 Å². The molecule has 1 aliphatic heterocycles. The lowest BCUT2D eigenvalue weighted by Crippen LogP contribution is -2.43. The predicted octanol–water partition coefficient (Wildman–Crippen LogP) is 4.80. The second-order valence-electron chi connectivity index (χ2n) is 10.7. The van der Waals surface area contributed by atoms with Crippen LogP contribution in [0.5, 0.6) is 11.5 Å². The van der Waals surface area contributed by atoms with Gasteiger partial charge in [-0.1, -0.05) is 0 Å². The molecule has 1 fully saturated rings. The third-order valence-corrected chi connectivity index (χ3v) is 8.07. The molecule has 206 valence electrons. The van der Waals surface area contributed by atoms with E-state index in [1.165, 1.54) is 19.2 Å². The number of pyridine rings is 2. The Labute approximate surface area is 238 Å². The number of hydrogen-bond donors (Lipinski definition) is 3. The highest BCUT2D eigenvalue weighted by atomic mass is 79.9. The number of carbonyl (C=O) groups is 1. The van der Waals surface area contributed by atoms with Crippen LogP contribution in [0, 0.1) is 11.7 Å². The minimum absolute atomic E-state index is 0.0651. The number of aromatic nitrogens is 2. The standard InChI is InChI=1S/C30H28BrFN4O4/c1-29(33)15-40-27-22(29)12-24(36-26(27)16-3-7-21(32)8-4-16)30(38,19-5-6-19)14-35-28(37)18-9-17-10-20(31)13-34-25(17)23(11-18)39-2/h3-4,7-13,19,38H,5-6,14-15,33H2,1-2H3,(H,35,37)/t29-,30+/m0/s1. The van der Waals surface area contributed by atoms with Gasteiger partial charge in [-0.3, -0.25) is 9.78 Å². The fraction of sp³-hybridized carbons (Fsp3) is 0.300. The molecule has 0 spiro atoms. The molecule has 4 aromatic rings. The Bertz CT molecular complexity index is 1640. The average Bonchev–Trinajstić information content (AvgIpc) is 3.75. The van der Waals surface area contributed by atoms with Crippen molar-refractivity contribution < 1.29 is 23.8 Å². The van der Waals surface area contributed by atoms with E-state index in [4.69, 9.17) is 20.2 Å².